The van der Waals surface area contributed by atoms with E-state index in [0.29, 0.717) is 0 Å². The largest absolute Gasteiger partial charge is 0.378 e. The van der Waals surface area contributed by atoms with Gasteiger partial charge in [-0.2, -0.15) is 0 Å². The van der Waals surface area contributed by atoms with Gasteiger partial charge in [-0.3, -0.25) is 0 Å². The molecule has 0 aromatic carbocycles. The van der Waals surface area contributed by atoms with Gasteiger partial charge in [0.15, 0.2) is 0 Å². The Kier molecular flexibility index (Phi) is 1.99. The van der Waals surface area contributed by atoms with E-state index in [1.807, 2.05) is 11.4 Å². The Morgan fingerprint density at radius 1 is 1.58 bits per heavy atom. The number of aliphatic hydroxyl groups is 1. The fourth-order valence-electron chi connectivity index (χ4n) is 0.799. The van der Waals surface area contributed by atoms with E-state index in [2.05, 4.69) is 27.8 Å². The summed E-state index contributed by atoms with van der Waals surface area (Å²) >= 11 is 4.97. The van der Waals surface area contributed by atoms with Crippen LogP contribution in [-0.2, 0) is 0 Å². The van der Waals surface area contributed by atoms with E-state index in [1.54, 1.807) is 11.3 Å². The van der Waals surface area contributed by atoms with Gasteiger partial charge in [-0.1, -0.05) is 11.8 Å². The minimum Gasteiger partial charge on any atom is -0.378 e. The van der Waals surface area contributed by atoms with E-state index >= 15 is 0 Å². The summed E-state index contributed by atoms with van der Waals surface area (Å²) in [7, 11) is 0. The molecule has 0 unspecified atom stereocenters. The van der Waals surface area contributed by atoms with Crippen molar-refractivity contribution in [2.45, 2.75) is 18.4 Å². The molecule has 1 aliphatic rings. The zero-order chi connectivity index (χ0) is 8.60. The molecule has 1 heterocycles. The normalized spacial score (nSPS) is 18.2. The third kappa shape index (κ3) is 1.71. The first-order chi connectivity index (χ1) is 5.70. The molecule has 1 saturated carbocycles. The highest BCUT2D eigenvalue weighted by atomic mass is 79.9. The Morgan fingerprint density at radius 2 is 2.33 bits per heavy atom. The maximum atomic E-state index is 9.43. The van der Waals surface area contributed by atoms with Gasteiger partial charge < -0.3 is 5.11 Å². The molecule has 1 fully saturated rings. The molecule has 1 aromatic heterocycles. The second kappa shape index (κ2) is 2.88. The van der Waals surface area contributed by atoms with Gasteiger partial charge in [-0.05, 0) is 40.2 Å². The van der Waals surface area contributed by atoms with E-state index in [0.717, 1.165) is 22.2 Å². The number of thiophene rings is 1. The van der Waals surface area contributed by atoms with Crippen molar-refractivity contribution in [1.29, 1.82) is 0 Å². The molecule has 1 aliphatic carbocycles. The summed E-state index contributed by atoms with van der Waals surface area (Å²) in [4.78, 5) is 0.996. The van der Waals surface area contributed by atoms with Crippen molar-refractivity contribution in [2.75, 3.05) is 0 Å². The van der Waals surface area contributed by atoms with E-state index in [4.69, 9.17) is 0 Å². The topological polar surface area (TPSA) is 20.2 Å². The van der Waals surface area contributed by atoms with Crippen LogP contribution >= 0.6 is 27.3 Å². The molecule has 62 valence electrons. The summed E-state index contributed by atoms with van der Waals surface area (Å²) in [6, 6.07) is 1.96. The summed E-state index contributed by atoms with van der Waals surface area (Å²) in [5.74, 6) is 5.83. The Labute approximate surface area is 83.6 Å². The van der Waals surface area contributed by atoms with Gasteiger partial charge in [-0.25, -0.2) is 0 Å². The number of rotatable bonds is 0. The van der Waals surface area contributed by atoms with Crippen LogP contribution in [0, 0.1) is 11.8 Å². The third-order valence-corrected chi connectivity index (χ3v) is 3.50. The molecule has 3 heteroatoms. The summed E-state index contributed by atoms with van der Waals surface area (Å²) in [5, 5.41) is 11.4. The van der Waals surface area contributed by atoms with Crippen LogP contribution < -0.4 is 0 Å². The van der Waals surface area contributed by atoms with Gasteiger partial charge in [0.1, 0.15) is 5.60 Å². The zero-order valence-electron chi connectivity index (χ0n) is 6.30. The highest BCUT2D eigenvalue weighted by molar-refractivity contribution is 9.10. The van der Waals surface area contributed by atoms with Crippen LogP contribution in [0.15, 0.2) is 15.9 Å². The number of hydrogen-bond donors (Lipinski definition) is 1. The van der Waals surface area contributed by atoms with Crippen LogP contribution in [0.5, 0.6) is 0 Å². The molecule has 0 aliphatic heterocycles. The summed E-state index contributed by atoms with van der Waals surface area (Å²) in [5.41, 5.74) is -0.663. The fraction of sp³-hybridized carbons (Fsp3) is 0.333. The van der Waals surface area contributed by atoms with Crippen molar-refractivity contribution in [3.8, 4) is 11.8 Å². The second-order valence-electron chi connectivity index (χ2n) is 2.88. The van der Waals surface area contributed by atoms with Crippen LogP contribution in [0.1, 0.15) is 17.7 Å². The molecular weight excluding hydrogens is 236 g/mol. The van der Waals surface area contributed by atoms with Gasteiger partial charge in [0.2, 0.25) is 0 Å². The van der Waals surface area contributed by atoms with E-state index < -0.39 is 5.60 Å². The molecular formula is C9H7BrOS. The van der Waals surface area contributed by atoms with Crippen molar-refractivity contribution < 1.29 is 5.11 Å². The zero-order valence-corrected chi connectivity index (χ0v) is 8.70. The Balaban J connectivity index is 2.21. The molecule has 1 nitrogen and oxygen atoms in total. The first-order valence-corrected chi connectivity index (χ1v) is 5.35. The first kappa shape index (κ1) is 8.31. The van der Waals surface area contributed by atoms with E-state index in [-0.39, 0.29) is 0 Å². The third-order valence-electron chi connectivity index (χ3n) is 1.75. The predicted molar refractivity (Wildman–Crippen MR) is 53.1 cm³/mol. The first-order valence-electron chi connectivity index (χ1n) is 3.68. The monoisotopic (exact) mass is 242 g/mol. The lowest BCUT2D eigenvalue weighted by Crippen LogP contribution is -2.00. The van der Waals surface area contributed by atoms with Crippen molar-refractivity contribution in [2.24, 2.45) is 0 Å². The molecule has 1 N–H and O–H groups in total. The van der Waals surface area contributed by atoms with Gasteiger partial charge in [0.05, 0.1) is 4.88 Å². The number of hydrogen-bond acceptors (Lipinski definition) is 2. The van der Waals surface area contributed by atoms with E-state index in [1.165, 1.54) is 0 Å². The van der Waals surface area contributed by atoms with Crippen LogP contribution in [0.2, 0.25) is 0 Å². The Hall–Kier alpha value is -0.300. The number of halogens is 1. The van der Waals surface area contributed by atoms with Gasteiger partial charge in [0.25, 0.3) is 0 Å². The highest BCUT2D eigenvalue weighted by Crippen LogP contribution is 2.34. The maximum absolute atomic E-state index is 9.43. The van der Waals surface area contributed by atoms with Crippen LogP contribution in [-0.4, -0.2) is 10.7 Å². The molecule has 2 rings (SSSR count). The maximum Gasteiger partial charge on any atom is 0.126 e. The van der Waals surface area contributed by atoms with Gasteiger partial charge >= 0.3 is 0 Å². The van der Waals surface area contributed by atoms with Gasteiger partial charge in [0, 0.05) is 4.47 Å². The summed E-state index contributed by atoms with van der Waals surface area (Å²) in [6.07, 6.45) is 1.64. The van der Waals surface area contributed by atoms with Crippen LogP contribution in [0.3, 0.4) is 0 Å². The predicted octanol–water partition coefficient (Wildman–Crippen LogP) is 2.39. The highest BCUT2D eigenvalue weighted by Gasteiger charge is 2.38. The van der Waals surface area contributed by atoms with Crippen molar-refractivity contribution in [3.05, 3.63) is 20.8 Å². The van der Waals surface area contributed by atoms with Crippen LogP contribution in [0.4, 0.5) is 0 Å². The molecule has 0 bridgehead atoms. The molecule has 0 atom stereocenters. The lowest BCUT2D eigenvalue weighted by atomic mass is 10.3. The average Bonchev–Trinajstić information content (AvgIpc) is 2.61. The lowest BCUT2D eigenvalue weighted by Gasteiger charge is -1.91. The molecule has 0 amide bonds. The van der Waals surface area contributed by atoms with Crippen molar-refractivity contribution in [3.63, 3.8) is 0 Å². The summed E-state index contributed by atoms with van der Waals surface area (Å²) in [6.45, 7) is 0. The van der Waals surface area contributed by atoms with Crippen LogP contribution in [0.25, 0.3) is 0 Å². The Bertz CT molecular complexity index is 354. The van der Waals surface area contributed by atoms with E-state index in [9.17, 15) is 5.11 Å². The SMILES string of the molecule is OC1(C#Cc2sccc2Br)CC1. The average molecular weight is 243 g/mol. The second-order valence-corrected chi connectivity index (χ2v) is 4.65. The Morgan fingerprint density at radius 3 is 2.83 bits per heavy atom. The van der Waals surface area contributed by atoms with Gasteiger partial charge in [-0.15, -0.1) is 11.3 Å². The molecule has 12 heavy (non-hydrogen) atoms. The fourth-order valence-corrected chi connectivity index (χ4v) is 2.12. The standard InChI is InChI=1S/C9H7BrOS/c10-7-2-6-12-8(7)1-3-9(11)4-5-9/h2,6,11H,4-5H2. The lowest BCUT2D eigenvalue weighted by molar-refractivity contribution is 0.212. The quantitative estimate of drug-likeness (QED) is 0.693. The molecule has 0 spiro atoms. The van der Waals surface area contributed by atoms with Crippen molar-refractivity contribution in [1.82, 2.24) is 0 Å². The molecule has 1 aromatic rings. The van der Waals surface area contributed by atoms with Crippen molar-refractivity contribution >= 4 is 27.3 Å². The smallest absolute Gasteiger partial charge is 0.126 e. The minimum atomic E-state index is -0.663. The molecule has 0 saturated heterocycles. The summed E-state index contributed by atoms with van der Waals surface area (Å²) < 4.78 is 1.02. The minimum absolute atomic E-state index is 0.663. The molecule has 0 radical (unpaired) electrons.